The predicted octanol–water partition coefficient (Wildman–Crippen LogP) is 8.14. The number of hydrogen-bond donors (Lipinski definition) is 0. The van der Waals surface area contributed by atoms with Crippen LogP contribution in [-0.4, -0.2) is 0 Å². The summed E-state index contributed by atoms with van der Waals surface area (Å²) in [5.41, 5.74) is 1.14. The topological polar surface area (TPSA) is 0 Å². The Hall–Kier alpha value is -1.51. The van der Waals surface area contributed by atoms with Crippen LogP contribution in [-0.2, 0) is 0 Å². The second-order valence-electron chi connectivity index (χ2n) is 9.15. The Labute approximate surface area is 166 Å². The molecule has 0 unspecified atom stereocenters. The van der Waals surface area contributed by atoms with Gasteiger partial charge in [-0.25, -0.2) is 13.2 Å². The van der Waals surface area contributed by atoms with Crippen LogP contribution in [0.2, 0.25) is 0 Å². The van der Waals surface area contributed by atoms with E-state index in [1.165, 1.54) is 51.4 Å². The molecular weight excluding hydrogens is 357 g/mol. The molecule has 0 amide bonds. The van der Waals surface area contributed by atoms with Gasteiger partial charge in [-0.3, -0.25) is 0 Å². The Kier molecular flexibility index (Phi) is 5.99. The second kappa shape index (κ2) is 8.47. The van der Waals surface area contributed by atoms with E-state index in [2.05, 4.69) is 6.92 Å². The molecule has 0 saturated heterocycles. The highest BCUT2D eigenvalue weighted by Gasteiger charge is 2.31. The molecule has 2 aliphatic rings. The minimum atomic E-state index is -1.38. The SMILES string of the molecule is CCCC1CCC(C2CCC(c3ccc4c(F)c(F)c(F)cc4c3)CC2)CC1. The minimum Gasteiger partial charge on any atom is -0.204 e. The second-order valence-corrected chi connectivity index (χ2v) is 9.15. The summed E-state index contributed by atoms with van der Waals surface area (Å²) in [7, 11) is 0. The smallest absolute Gasteiger partial charge is 0.195 e. The van der Waals surface area contributed by atoms with E-state index in [4.69, 9.17) is 0 Å². The molecule has 2 aliphatic carbocycles. The fourth-order valence-electron chi connectivity index (χ4n) is 5.86. The Morgan fingerprint density at radius 1 is 0.786 bits per heavy atom. The number of benzene rings is 2. The number of halogens is 3. The van der Waals surface area contributed by atoms with Gasteiger partial charge in [0.25, 0.3) is 0 Å². The van der Waals surface area contributed by atoms with Gasteiger partial charge >= 0.3 is 0 Å². The first-order chi connectivity index (χ1) is 13.6. The van der Waals surface area contributed by atoms with Gasteiger partial charge in [-0.2, -0.15) is 0 Å². The fraction of sp³-hybridized carbons (Fsp3) is 0.600. The summed E-state index contributed by atoms with van der Waals surface area (Å²) in [5, 5.41) is 0.630. The Balaban J connectivity index is 1.39. The van der Waals surface area contributed by atoms with Crippen LogP contribution in [0.5, 0.6) is 0 Å². The molecule has 2 aromatic rings. The molecular formula is C25H31F3. The molecule has 0 N–H and O–H groups in total. The predicted molar refractivity (Wildman–Crippen MR) is 109 cm³/mol. The third-order valence-corrected chi connectivity index (χ3v) is 7.49. The summed E-state index contributed by atoms with van der Waals surface area (Å²) >= 11 is 0. The highest BCUT2D eigenvalue weighted by Crippen LogP contribution is 2.44. The maximum Gasteiger partial charge on any atom is 0.195 e. The molecule has 28 heavy (non-hydrogen) atoms. The highest BCUT2D eigenvalue weighted by molar-refractivity contribution is 5.84. The Morgan fingerprint density at radius 2 is 1.43 bits per heavy atom. The largest absolute Gasteiger partial charge is 0.204 e. The summed E-state index contributed by atoms with van der Waals surface area (Å²) in [6, 6.07) is 6.51. The first-order valence-electron chi connectivity index (χ1n) is 11.1. The molecule has 152 valence electrons. The number of fused-ring (bicyclic) bond motifs is 1. The minimum absolute atomic E-state index is 0.167. The van der Waals surface area contributed by atoms with E-state index < -0.39 is 17.5 Å². The van der Waals surface area contributed by atoms with Gasteiger partial charge in [0.15, 0.2) is 17.5 Å². The van der Waals surface area contributed by atoms with Gasteiger partial charge in [0.05, 0.1) is 0 Å². The van der Waals surface area contributed by atoms with Crippen molar-refractivity contribution in [3.63, 3.8) is 0 Å². The van der Waals surface area contributed by atoms with Crippen molar-refractivity contribution in [1.29, 1.82) is 0 Å². The van der Waals surface area contributed by atoms with Crippen molar-refractivity contribution in [2.24, 2.45) is 17.8 Å². The molecule has 0 radical (unpaired) electrons. The van der Waals surface area contributed by atoms with Crippen molar-refractivity contribution in [2.75, 3.05) is 0 Å². The van der Waals surface area contributed by atoms with Crippen molar-refractivity contribution in [3.05, 3.63) is 47.3 Å². The quantitative estimate of drug-likeness (QED) is 0.464. The molecule has 0 nitrogen and oxygen atoms in total. The normalized spacial score (nSPS) is 28.6. The van der Waals surface area contributed by atoms with Gasteiger partial charge in [0, 0.05) is 5.39 Å². The van der Waals surface area contributed by atoms with E-state index in [0.717, 1.165) is 42.2 Å². The van der Waals surface area contributed by atoms with Crippen LogP contribution in [0.15, 0.2) is 24.3 Å². The van der Waals surface area contributed by atoms with Crippen LogP contribution in [0.25, 0.3) is 10.8 Å². The molecule has 2 fully saturated rings. The van der Waals surface area contributed by atoms with E-state index in [1.54, 1.807) is 6.07 Å². The van der Waals surface area contributed by atoms with Gasteiger partial charge in [-0.15, -0.1) is 0 Å². The fourth-order valence-corrected chi connectivity index (χ4v) is 5.86. The standard InChI is InChI=1S/C25H31F3/c1-2-3-16-4-6-17(7-5-16)18-8-10-19(11-9-18)20-12-13-22-21(14-20)15-23(26)25(28)24(22)27/h12-19H,2-11H2,1H3. The van der Waals surface area contributed by atoms with Crippen molar-refractivity contribution < 1.29 is 13.2 Å². The zero-order chi connectivity index (χ0) is 19.7. The third-order valence-electron chi connectivity index (χ3n) is 7.49. The summed E-state index contributed by atoms with van der Waals surface area (Å²) in [5.74, 6) is -0.406. The average Bonchev–Trinajstić information content (AvgIpc) is 2.73. The van der Waals surface area contributed by atoms with Crippen molar-refractivity contribution in [3.8, 4) is 0 Å². The monoisotopic (exact) mass is 388 g/mol. The Morgan fingerprint density at radius 3 is 2.07 bits per heavy atom. The summed E-state index contributed by atoms with van der Waals surface area (Å²) in [6.45, 7) is 2.29. The lowest BCUT2D eigenvalue weighted by molar-refractivity contribution is 0.156. The lowest BCUT2D eigenvalue weighted by Crippen LogP contribution is -2.25. The third kappa shape index (κ3) is 3.95. The summed E-state index contributed by atoms with van der Waals surface area (Å²) < 4.78 is 41.0. The lowest BCUT2D eigenvalue weighted by Gasteiger charge is -2.38. The number of rotatable bonds is 4. The zero-order valence-electron chi connectivity index (χ0n) is 16.8. The number of hydrogen-bond acceptors (Lipinski definition) is 0. The van der Waals surface area contributed by atoms with Crippen LogP contribution in [0.3, 0.4) is 0 Å². The molecule has 0 bridgehead atoms. The van der Waals surface area contributed by atoms with Crippen molar-refractivity contribution in [2.45, 2.75) is 77.0 Å². The van der Waals surface area contributed by atoms with E-state index in [-0.39, 0.29) is 5.39 Å². The van der Waals surface area contributed by atoms with E-state index in [0.29, 0.717) is 11.3 Å². The molecule has 0 aliphatic heterocycles. The first-order valence-corrected chi connectivity index (χ1v) is 11.1. The van der Waals surface area contributed by atoms with Crippen LogP contribution >= 0.6 is 0 Å². The molecule has 0 atom stereocenters. The van der Waals surface area contributed by atoms with Gasteiger partial charge in [0.2, 0.25) is 0 Å². The maximum atomic E-state index is 14.0. The highest BCUT2D eigenvalue weighted by atomic mass is 19.2. The van der Waals surface area contributed by atoms with E-state index in [9.17, 15) is 13.2 Å². The molecule has 0 heterocycles. The van der Waals surface area contributed by atoms with Gasteiger partial charge in [0.1, 0.15) is 0 Å². The van der Waals surface area contributed by atoms with Crippen molar-refractivity contribution in [1.82, 2.24) is 0 Å². The molecule has 0 spiro atoms. The van der Waals surface area contributed by atoms with Crippen LogP contribution < -0.4 is 0 Å². The van der Waals surface area contributed by atoms with Crippen LogP contribution in [0.4, 0.5) is 13.2 Å². The Bertz CT molecular complexity index is 812. The molecule has 0 aromatic heterocycles. The van der Waals surface area contributed by atoms with E-state index >= 15 is 0 Å². The van der Waals surface area contributed by atoms with Crippen LogP contribution in [0.1, 0.15) is 82.6 Å². The van der Waals surface area contributed by atoms with E-state index in [1.807, 2.05) is 12.1 Å². The maximum absolute atomic E-state index is 14.0. The molecule has 2 saturated carbocycles. The first kappa shape index (κ1) is 19.8. The van der Waals surface area contributed by atoms with Crippen LogP contribution in [0, 0.1) is 35.2 Å². The molecule has 2 aromatic carbocycles. The van der Waals surface area contributed by atoms with Gasteiger partial charge in [-0.05, 0) is 79.2 Å². The zero-order valence-corrected chi connectivity index (χ0v) is 16.8. The molecule has 3 heteroatoms. The molecule has 4 rings (SSSR count). The van der Waals surface area contributed by atoms with Crippen molar-refractivity contribution >= 4 is 10.8 Å². The van der Waals surface area contributed by atoms with Gasteiger partial charge < -0.3 is 0 Å². The summed E-state index contributed by atoms with van der Waals surface area (Å²) in [4.78, 5) is 0. The average molecular weight is 389 g/mol. The lowest BCUT2D eigenvalue weighted by atomic mass is 9.68. The van der Waals surface area contributed by atoms with Gasteiger partial charge in [-0.1, -0.05) is 50.8 Å². The summed E-state index contributed by atoms with van der Waals surface area (Å²) in [6.07, 6.45) is 13.2.